The Hall–Kier alpha value is -4.26. The Morgan fingerprint density at radius 1 is 0.912 bits per heavy atom. The number of hydrogen-bond acceptors (Lipinski definition) is 4. The molecule has 4 aromatic rings. The highest BCUT2D eigenvalue weighted by Crippen LogP contribution is 2.23. The summed E-state index contributed by atoms with van der Waals surface area (Å²) in [6.07, 6.45) is 0.863. The number of nitrogens with one attached hydrogen (secondary N) is 2. The van der Waals surface area contributed by atoms with Crippen LogP contribution in [-0.4, -0.2) is 21.3 Å². The lowest BCUT2D eigenvalue weighted by atomic mass is 10.1. The van der Waals surface area contributed by atoms with Gasteiger partial charge < -0.3 is 14.8 Å². The fourth-order valence-electron chi connectivity index (χ4n) is 3.20. The molecule has 1 aromatic heterocycles. The summed E-state index contributed by atoms with van der Waals surface area (Å²) in [6, 6.07) is 24.8. The second kappa shape index (κ2) is 9.70. The van der Waals surface area contributed by atoms with Gasteiger partial charge in [0.1, 0.15) is 28.7 Å². The fraction of sp³-hybridized carbons (Fsp3) is 0.185. The molecule has 7 nitrogen and oxygen atoms in total. The zero-order chi connectivity index (χ0) is 24.1. The highest BCUT2D eigenvalue weighted by molar-refractivity contribution is 6.03. The molecule has 0 aliphatic rings. The standard InChI is InChI=1S/C27H27N3O4/c1-4-27(2,3)34-23-14-10-19(11-15-23)26(32)28-24-18-25(31)30(29-24)20-12-16-22(17-13-20)33-21-8-6-5-7-9-21/h5-18,29H,4H2,1-3H3,(H,28,32). The van der Waals surface area contributed by atoms with E-state index in [1.807, 2.05) is 44.2 Å². The molecule has 0 radical (unpaired) electrons. The molecular formula is C27H27N3O4. The molecule has 0 fully saturated rings. The van der Waals surface area contributed by atoms with Gasteiger partial charge in [-0.25, -0.2) is 4.68 Å². The van der Waals surface area contributed by atoms with Crippen LogP contribution in [0.15, 0.2) is 89.7 Å². The third-order valence-electron chi connectivity index (χ3n) is 5.40. The molecule has 0 bridgehead atoms. The van der Waals surface area contributed by atoms with Crippen molar-refractivity contribution in [2.75, 3.05) is 5.32 Å². The number of hydrogen-bond donors (Lipinski definition) is 2. The smallest absolute Gasteiger partial charge is 0.273 e. The minimum Gasteiger partial charge on any atom is -0.488 e. The molecule has 3 aromatic carbocycles. The molecule has 0 saturated heterocycles. The van der Waals surface area contributed by atoms with Gasteiger partial charge in [-0.15, -0.1) is 0 Å². The minimum atomic E-state index is -0.332. The predicted octanol–water partition coefficient (Wildman–Crippen LogP) is 5.78. The van der Waals surface area contributed by atoms with Crippen LogP contribution < -0.4 is 20.3 Å². The van der Waals surface area contributed by atoms with Crippen molar-refractivity contribution < 1.29 is 14.3 Å². The lowest BCUT2D eigenvalue weighted by Crippen LogP contribution is -2.26. The number of anilines is 1. The van der Waals surface area contributed by atoms with Gasteiger partial charge in [-0.1, -0.05) is 25.1 Å². The summed E-state index contributed by atoms with van der Waals surface area (Å²) in [7, 11) is 0. The maximum Gasteiger partial charge on any atom is 0.273 e. The Morgan fingerprint density at radius 2 is 1.53 bits per heavy atom. The van der Waals surface area contributed by atoms with Gasteiger partial charge in [0, 0.05) is 11.6 Å². The average molecular weight is 458 g/mol. The molecule has 4 rings (SSSR count). The number of aromatic amines is 1. The van der Waals surface area contributed by atoms with Gasteiger partial charge in [-0.3, -0.25) is 14.7 Å². The van der Waals surface area contributed by atoms with Crippen LogP contribution in [0.25, 0.3) is 5.69 Å². The summed E-state index contributed by atoms with van der Waals surface area (Å²) in [5.74, 6) is 2.04. The van der Waals surface area contributed by atoms with Crippen molar-refractivity contribution in [3.63, 3.8) is 0 Å². The van der Waals surface area contributed by atoms with Crippen molar-refractivity contribution >= 4 is 11.7 Å². The van der Waals surface area contributed by atoms with Crippen LogP contribution in [0.5, 0.6) is 17.2 Å². The minimum absolute atomic E-state index is 0.280. The highest BCUT2D eigenvalue weighted by atomic mass is 16.5. The summed E-state index contributed by atoms with van der Waals surface area (Å²) in [5.41, 5.74) is 0.499. The molecule has 1 heterocycles. The summed E-state index contributed by atoms with van der Waals surface area (Å²) in [6.45, 7) is 6.08. The maximum absolute atomic E-state index is 12.6. The van der Waals surface area contributed by atoms with Crippen molar-refractivity contribution in [2.24, 2.45) is 0 Å². The van der Waals surface area contributed by atoms with E-state index < -0.39 is 0 Å². The van der Waals surface area contributed by atoms with Crippen LogP contribution in [0.3, 0.4) is 0 Å². The monoisotopic (exact) mass is 457 g/mol. The number of nitrogens with zero attached hydrogens (tertiary/aromatic N) is 1. The van der Waals surface area contributed by atoms with E-state index in [4.69, 9.17) is 9.47 Å². The van der Waals surface area contributed by atoms with Crippen LogP contribution in [0.1, 0.15) is 37.6 Å². The number of ether oxygens (including phenoxy) is 2. The molecule has 0 unspecified atom stereocenters. The largest absolute Gasteiger partial charge is 0.488 e. The number of H-pyrrole nitrogens is 1. The third-order valence-corrected chi connectivity index (χ3v) is 5.40. The van der Waals surface area contributed by atoms with Crippen LogP contribution in [0.4, 0.5) is 5.82 Å². The number of carbonyl (C=O) groups excluding carboxylic acids is 1. The Morgan fingerprint density at radius 3 is 2.18 bits per heavy atom. The zero-order valence-corrected chi connectivity index (χ0v) is 19.4. The number of carbonyl (C=O) groups is 1. The molecule has 0 atom stereocenters. The molecular weight excluding hydrogens is 430 g/mol. The van der Waals surface area contributed by atoms with Gasteiger partial charge in [-0.2, -0.15) is 0 Å². The van der Waals surface area contributed by atoms with Crippen LogP contribution in [-0.2, 0) is 0 Å². The van der Waals surface area contributed by atoms with Crippen LogP contribution >= 0.6 is 0 Å². The van der Waals surface area contributed by atoms with E-state index in [1.54, 1.807) is 48.5 Å². The van der Waals surface area contributed by atoms with Crippen molar-refractivity contribution in [3.8, 4) is 22.9 Å². The van der Waals surface area contributed by atoms with Crippen LogP contribution in [0.2, 0.25) is 0 Å². The van der Waals surface area contributed by atoms with Crippen molar-refractivity contribution in [3.05, 3.63) is 101 Å². The molecule has 34 heavy (non-hydrogen) atoms. The second-order valence-corrected chi connectivity index (χ2v) is 8.45. The Balaban J connectivity index is 1.43. The lowest BCUT2D eigenvalue weighted by Gasteiger charge is -2.24. The number of rotatable bonds is 8. The van der Waals surface area contributed by atoms with Gasteiger partial charge >= 0.3 is 0 Å². The lowest BCUT2D eigenvalue weighted by molar-refractivity contribution is 0.102. The Labute approximate surface area is 197 Å². The molecule has 2 N–H and O–H groups in total. The molecule has 0 spiro atoms. The van der Waals surface area contributed by atoms with Crippen molar-refractivity contribution in [2.45, 2.75) is 32.8 Å². The van der Waals surface area contributed by atoms with E-state index in [0.29, 0.717) is 28.6 Å². The first-order valence-electron chi connectivity index (χ1n) is 11.1. The van der Waals surface area contributed by atoms with Crippen molar-refractivity contribution in [1.29, 1.82) is 0 Å². The number of amides is 1. The Kier molecular flexibility index (Phi) is 6.54. The highest BCUT2D eigenvalue weighted by Gasteiger charge is 2.17. The van der Waals surface area contributed by atoms with Crippen LogP contribution in [0, 0.1) is 0 Å². The maximum atomic E-state index is 12.6. The Bertz CT molecular complexity index is 1300. The fourth-order valence-corrected chi connectivity index (χ4v) is 3.20. The van der Waals surface area contributed by atoms with Gasteiger partial charge in [0.25, 0.3) is 11.5 Å². The van der Waals surface area contributed by atoms with E-state index in [0.717, 1.165) is 12.2 Å². The van der Waals surface area contributed by atoms with E-state index in [-0.39, 0.29) is 17.1 Å². The molecule has 0 aliphatic carbocycles. The van der Waals surface area contributed by atoms with E-state index >= 15 is 0 Å². The average Bonchev–Trinajstić information content (AvgIpc) is 3.20. The first kappa shape index (κ1) is 22.9. The van der Waals surface area contributed by atoms with Gasteiger partial charge in [0.15, 0.2) is 0 Å². The molecule has 7 heteroatoms. The molecule has 0 aliphatic heterocycles. The summed E-state index contributed by atoms with van der Waals surface area (Å²) in [5, 5.41) is 5.66. The van der Waals surface area contributed by atoms with Gasteiger partial charge in [0.05, 0.1) is 5.69 Å². The number of benzene rings is 3. The SMILES string of the molecule is CCC(C)(C)Oc1ccc(C(=O)Nc2cc(=O)n(-c3ccc(Oc4ccccc4)cc3)[nH]2)cc1. The van der Waals surface area contributed by atoms with E-state index in [2.05, 4.69) is 17.3 Å². The topological polar surface area (TPSA) is 85.3 Å². The summed E-state index contributed by atoms with van der Waals surface area (Å²) in [4.78, 5) is 25.1. The molecule has 174 valence electrons. The first-order valence-corrected chi connectivity index (χ1v) is 11.1. The second-order valence-electron chi connectivity index (χ2n) is 8.45. The van der Waals surface area contributed by atoms with Gasteiger partial charge in [0.2, 0.25) is 0 Å². The zero-order valence-electron chi connectivity index (χ0n) is 19.4. The normalized spacial score (nSPS) is 11.1. The third kappa shape index (κ3) is 5.56. The van der Waals surface area contributed by atoms with E-state index in [1.165, 1.54) is 10.7 Å². The van der Waals surface area contributed by atoms with Crippen molar-refractivity contribution in [1.82, 2.24) is 9.78 Å². The first-order chi connectivity index (χ1) is 16.3. The molecule has 1 amide bonds. The number of aromatic nitrogens is 2. The van der Waals surface area contributed by atoms with E-state index in [9.17, 15) is 9.59 Å². The van der Waals surface area contributed by atoms with Gasteiger partial charge in [-0.05, 0) is 80.9 Å². The summed E-state index contributed by atoms with van der Waals surface area (Å²) >= 11 is 0. The molecule has 0 saturated carbocycles. The quantitative estimate of drug-likeness (QED) is 0.351. The number of para-hydroxylation sites is 1. The summed E-state index contributed by atoms with van der Waals surface area (Å²) < 4.78 is 13.1. The predicted molar refractivity (Wildman–Crippen MR) is 132 cm³/mol.